The van der Waals surface area contributed by atoms with Crippen molar-refractivity contribution in [2.75, 3.05) is 0 Å². The van der Waals surface area contributed by atoms with Crippen LogP contribution in [0.5, 0.6) is 0 Å². The Morgan fingerprint density at radius 2 is 1.68 bits per heavy atom. The summed E-state index contributed by atoms with van der Waals surface area (Å²) >= 11 is 1.91. The van der Waals surface area contributed by atoms with Gasteiger partial charge in [0.15, 0.2) is 5.78 Å². The van der Waals surface area contributed by atoms with Crippen LogP contribution < -0.4 is 0 Å². The Kier molecular flexibility index (Phi) is 2.70. The predicted molar refractivity (Wildman–Crippen MR) is 102 cm³/mol. The van der Waals surface area contributed by atoms with Gasteiger partial charge in [-0.1, -0.05) is 66.8 Å². The summed E-state index contributed by atoms with van der Waals surface area (Å²) in [5.41, 5.74) is 6.64. The second-order valence-corrected chi connectivity index (χ2v) is 8.33. The predicted octanol–water partition coefficient (Wildman–Crippen LogP) is 4.91. The van der Waals surface area contributed by atoms with Gasteiger partial charge in [0.2, 0.25) is 0 Å². The summed E-state index contributed by atoms with van der Waals surface area (Å²) in [7, 11) is 0. The Bertz CT molecular complexity index is 1010. The number of Topliss-reactive ketones (excluding diaryl/α,β-unsaturated/α-hetero) is 1. The molecule has 0 amide bonds. The van der Waals surface area contributed by atoms with E-state index in [0.717, 1.165) is 0 Å². The second kappa shape index (κ2) is 4.86. The molecule has 5 aliphatic rings. The number of carbonyl (C=O) groups is 1. The third-order valence-electron chi connectivity index (χ3n) is 5.95. The fourth-order valence-electron chi connectivity index (χ4n) is 4.88. The molecule has 1 heterocycles. The van der Waals surface area contributed by atoms with E-state index in [9.17, 15) is 4.79 Å². The summed E-state index contributed by atoms with van der Waals surface area (Å²) in [6.07, 6.45) is 17.4. The minimum absolute atomic E-state index is 0.00900. The van der Waals surface area contributed by atoms with Crippen molar-refractivity contribution in [3.05, 3.63) is 95.2 Å². The fraction of sp³-hybridized carbons (Fsp3) is 0.174. The molecule has 1 aromatic carbocycles. The largest absolute Gasteiger partial charge is 0.298 e. The number of benzene rings is 1. The standard InChI is InChI=1S/C23H16OS/c24-23-17-7-2-1-5-13(17)15-11-12-20-22-16(9-10-18(23)21(15)22)14-6-3-4-8-19(14)25-20/h1-13,17-18,20H. The van der Waals surface area contributed by atoms with Crippen LogP contribution in [0.15, 0.2) is 94.5 Å². The Morgan fingerprint density at radius 1 is 0.840 bits per heavy atom. The quantitative estimate of drug-likeness (QED) is 0.668. The summed E-state index contributed by atoms with van der Waals surface area (Å²) in [5, 5.41) is 0.323. The number of allylic oxidation sites excluding steroid dienone is 10. The topological polar surface area (TPSA) is 17.1 Å². The van der Waals surface area contributed by atoms with Crippen molar-refractivity contribution in [2.24, 2.45) is 17.8 Å². The van der Waals surface area contributed by atoms with Crippen LogP contribution in [0.1, 0.15) is 5.56 Å². The van der Waals surface area contributed by atoms with E-state index in [1.54, 1.807) is 0 Å². The minimum atomic E-state index is -0.0792. The monoisotopic (exact) mass is 340 g/mol. The molecule has 0 saturated heterocycles. The molecule has 0 aromatic heterocycles. The smallest absolute Gasteiger partial charge is 0.151 e. The van der Waals surface area contributed by atoms with Crippen molar-refractivity contribution in [3.63, 3.8) is 0 Å². The summed E-state index contributed by atoms with van der Waals surface area (Å²) < 4.78 is 0. The van der Waals surface area contributed by atoms with Crippen LogP contribution >= 0.6 is 11.8 Å². The van der Waals surface area contributed by atoms with Gasteiger partial charge in [-0.15, -0.1) is 11.8 Å². The lowest BCUT2D eigenvalue weighted by atomic mass is 9.62. The second-order valence-electron chi connectivity index (χ2n) is 7.15. The van der Waals surface area contributed by atoms with Gasteiger partial charge < -0.3 is 0 Å². The normalized spacial score (nSPS) is 33.4. The number of carbonyl (C=O) groups excluding carboxylic acids is 1. The van der Waals surface area contributed by atoms with Crippen molar-refractivity contribution in [2.45, 2.75) is 10.1 Å². The zero-order valence-corrected chi connectivity index (χ0v) is 14.4. The molecular weight excluding hydrogens is 324 g/mol. The lowest BCUT2D eigenvalue weighted by Gasteiger charge is -2.43. The van der Waals surface area contributed by atoms with Crippen molar-refractivity contribution in [1.82, 2.24) is 0 Å². The van der Waals surface area contributed by atoms with Crippen molar-refractivity contribution >= 4 is 23.1 Å². The van der Waals surface area contributed by atoms with Gasteiger partial charge in [-0.05, 0) is 33.9 Å². The SMILES string of the molecule is O=C1C2C=CC3=C4C2=C(C=CC4Sc2ccccc23)C2C=CC=CC12. The van der Waals surface area contributed by atoms with Gasteiger partial charge in [-0.2, -0.15) is 0 Å². The third-order valence-corrected chi connectivity index (χ3v) is 7.21. The summed E-state index contributed by atoms with van der Waals surface area (Å²) in [6, 6.07) is 8.63. The first-order valence-electron chi connectivity index (χ1n) is 8.83. The Labute approximate surface area is 151 Å². The molecule has 0 saturated carbocycles. The van der Waals surface area contributed by atoms with Gasteiger partial charge in [0.05, 0.1) is 11.2 Å². The van der Waals surface area contributed by atoms with E-state index in [-0.39, 0.29) is 17.8 Å². The zero-order valence-electron chi connectivity index (χ0n) is 13.6. The van der Waals surface area contributed by atoms with Gasteiger partial charge >= 0.3 is 0 Å². The van der Waals surface area contributed by atoms with Crippen molar-refractivity contribution in [3.8, 4) is 0 Å². The molecule has 1 nitrogen and oxygen atoms in total. The van der Waals surface area contributed by atoms with Crippen molar-refractivity contribution in [1.29, 1.82) is 0 Å². The van der Waals surface area contributed by atoms with Crippen LogP contribution in [0, 0.1) is 17.8 Å². The minimum Gasteiger partial charge on any atom is -0.298 e. The number of fused-ring (bicyclic) bond motifs is 4. The number of hydrogen-bond donors (Lipinski definition) is 0. The molecule has 1 aromatic rings. The van der Waals surface area contributed by atoms with Crippen molar-refractivity contribution < 1.29 is 4.79 Å². The van der Waals surface area contributed by atoms with E-state index in [1.807, 2.05) is 17.8 Å². The van der Waals surface area contributed by atoms with E-state index in [2.05, 4.69) is 66.8 Å². The average molecular weight is 340 g/mol. The molecule has 4 aliphatic carbocycles. The first-order valence-corrected chi connectivity index (χ1v) is 9.71. The maximum Gasteiger partial charge on any atom is 0.151 e. The first kappa shape index (κ1) is 13.9. The Hall–Kier alpha value is -2.32. The molecule has 0 bridgehead atoms. The highest BCUT2D eigenvalue weighted by Crippen LogP contribution is 2.55. The molecule has 0 N–H and O–H groups in total. The molecule has 25 heavy (non-hydrogen) atoms. The number of ketones is 1. The number of thioether (sulfide) groups is 1. The molecule has 4 unspecified atom stereocenters. The maximum absolute atomic E-state index is 13.2. The Balaban J connectivity index is 1.65. The lowest BCUT2D eigenvalue weighted by molar-refractivity contribution is -0.124. The van der Waals surface area contributed by atoms with Gasteiger partial charge in [0, 0.05) is 16.7 Å². The van der Waals surface area contributed by atoms with Crippen LogP contribution in [0.4, 0.5) is 0 Å². The highest BCUT2D eigenvalue weighted by atomic mass is 32.2. The van der Waals surface area contributed by atoms with Gasteiger partial charge in [-0.3, -0.25) is 4.79 Å². The van der Waals surface area contributed by atoms with Crippen LogP contribution in [0.2, 0.25) is 0 Å². The molecular formula is C23H16OS. The molecule has 0 spiro atoms. The first-order chi connectivity index (χ1) is 12.3. The summed E-state index contributed by atoms with van der Waals surface area (Å²) in [5.74, 6) is 0.461. The maximum atomic E-state index is 13.2. The molecule has 120 valence electrons. The Morgan fingerprint density at radius 3 is 2.60 bits per heavy atom. The van der Waals surface area contributed by atoms with Crippen LogP contribution in [-0.4, -0.2) is 11.0 Å². The zero-order chi connectivity index (χ0) is 16.5. The van der Waals surface area contributed by atoms with E-state index in [4.69, 9.17) is 0 Å². The van der Waals surface area contributed by atoms with Gasteiger partial charge in [0.1, 0.15) is 0 Å². The number of hydrogen-bond acceptors (Lipinski definition) is 2. The molecule has 6 rings (SSSR count). The van der Waals surface area contributed by atoms with Crippen LogP contribution in [-0.2, 0) is 4.79 Å². The third kappa shape index (κ3) is 1.73. The van der Waals surface area contributed by atoms with E-state index >= 15 is 0 Å². The van der Waals surface area contributed by atoms with E-state index < -0.39 is 0 Å². The van der Waals surface area contributed by atoms with Gasteiger partial charge in [-0.25, -0.2) is 0 Å². The highest BCUT2D eigenvalue weighted by Gasteiger charge is 2.46. The average Bonchev–Trinajstić information content (AvgIpc) is 2.67. The van der Waals surface area contributed by atoms with Crippen LogP contribution in [0.25, 0.3) is 5.57 Å². The molecule has 1 aliphatic heterocycles. The van der Waals surface area contributed by atoms with E-state index in [0.29, 0.717) is 11.0 Å². The molecule has 0 radical (unpaired) electrons. The highest BCUT2D eigenvalue weighted by molar-refractivity contribution is 8.00. The molecule has 4 atom stereocenters. The van der Waals surface area contributed by atoms with Crippen LogP contribution in [0.3, 0.4) is 0 Å². The van der Waals surface area contributed by atoms with Gasteiger partial charge in [0.25, 0.3) is 0 Å². The summed E-state index contributed by atoms with van der Waals surface area (Å²) in [4.78, 5) is 14.5. The molecule has 2 heteroatoms. The van der Waals surface area contributed by atoms with E-state index in [1.165, 1.54) is 32.8 Å². The summed E-state index contributed by atoms with van der Waals surface area (Å²) in [6.45, 7) is 0. The number of rotatable bonds is 0. The fourth-order valence-corrected chi connectivity index (χ4v) is 6.15. The molecule has 0 fully saturated rings. The lowest BCUT2D eigenvalue weighted by Crippen LogP contribution is -2.39.